The third-order valence-electron chi connectivity index (χ3n) is 3.47. The number of rotatable bonds is 16. The first-order valence-electron chi connectivity index (χ1n) is 8.54. The van der Waals surface area contributed by atoms with E-state index >= 15 is 0 Å². The third kappa shape index (κ3) is 12.6. The average molecular weight is 390 g/mol. The molecule has 0 heterocycles. The lowest BCUT2D eigenvalue weighted by Crippen LogP contribution is -2.05. The Hall–Kier alpha value is 0.260. The Morgan fingerprint density at radius 2 is 1.04 bits per heavy atom. The van der Waals surface area contributed by atoms with E-state index in [0.29, 0.717) is 13.2 Å². The van der Waals surface area contributed by atoms with E-state index in [1.807, 2.05) is 0 Å². The topological polar surface area (TPSA) is 103 Å². The summed E-state index contributed by atoms with van der Waals surface area (Å²) in [6, 6.07) is 0. The lowest BCUT2D eigenvalue weighted by Gasteiger charge is -2.21. The van der Waals surface area contributed by atoms with Crippen molar-refractivity contribution in [2.75, 3.05) is 33.3 Å². The van der Waals surface area contributed by atoms with Gasteiger partial charge in [-0.3, -0.25) is 9.13 Å². The molecular formula is C15H36O7P2. The van der Waals surface area contributed by atoms with Gasteiger partial charge in [-0.05, 0) is 12.8 Å². The van der Waals surface area contributed by atoms with Crippen LogP contribution in [0.15, 0.2) is 0 Å². The second-order valence-electron chi connectivity index (χ2n) is 5.52. The molecular weight excluding hydrogens is 354 g/mol. The summed E-state index contributed by atoms with van der Waals surface area (Å²) in [5.41, 5.74) is 0. The van der Waals surface area contributed by atoms with Gasteiger partial charge in [0.25, 0.3) is 0 Å². The van der Waals surface area contributed by atoms with Gasteiger partial charge in [-0.15, -0.1) is 0 Å². The average Bonchev–Trinajstić information content (AvgIpc) is 2.54. The van der Waals surface area contributed by atoms with Crippen LogP contribution in [0.5, 0.6) is 0 Å². The van der Waals surface area contributed by atoms with Crippen LogP contribution in [-0.2, 0) is 27.2 Å². The molecule has 0 fully saturated rings. The molecule has 0 aromatic rings. The molecule has 2 N–H and O–H groups in total. The summed E-state index contributed by atoms with van der Waals surface area (Å²) in [4.78, 5) is 0. The van der Waals surface area contributed by atoms with Crippen LogP contribution in [0.3, 0.4) is 0 Å². The van der Waals surface area contributed by atoms with Gasteiger partial charge < -0.3 is 23.6 Å². The largest absolute Gasteiger partial charge is 0.412 e. The first-order valence-corrected chi connectivity index (χ1v) is 12.0. The highest BCUT2D eigenvalue weighted by Gasteiger charge is 2.37. The molecule has 0 aliphatic heterocycles. The maximum atomic E-state index is 12.5. The van der Waals surface area contributed by atoms with E-state index in [-0.39, 0.29) is 11.4 Å². The molecule has 0 radical (unpaired) electrons. The number of unbranched alkanes of at least 4 members (excludes halogenated alkanes) is 6. The normalized spacial score (nSPS) is 16.2. The minimum Gasteiger partial charge on any atom is -0.412 e. The Kier molecular flexibility index (Phi) is 17.1. The van der Waals surface area contributed by atoms with E-state index in [1.165, 1.54) is 14.2 Å². The molecule has 2 atom stereocenters. The van der Waals surface area contributed by atoms with Crippen LogP contribution in [0.4, 0.5) is 0 Å². The zero-order valence-corrected chi connectivity index (χ0v) is 17.4. The van der Waals surface area contributed by atoms with E-state index in [2.05, 4.69) is 13.8 Å². The van der Waals surface area contributed by atoms with Crippen LogP contribution in [0, 0.1) is 0 Å². The smallest absolute Gasteiger partial charge is 0.342 e. The van der Waals surface area contributed by atoms with Crippen molar-refractivity contribution in [1.29, 1.82) is 0 Å². The molecule has 0 saturated carbocycles. The zero-order chi connectivity index (χ0) is 17.6. The Morgan fingerprint density at radius 1 is 0.667 bits per heavy atom. The number of hydrogen-bond acceptors (Lipinski definition) is 6. The van der Waals surface area contributed by atoms with Gasteiger partial charge in [0.1, 0.15) is 0 Å². The number of hydrogen-bond donors (Lipinski definition) is 0. The molecule has 0 amide bonds. The van der Waals surface area contributed by atoms with Crippen LogP contribution < -0.4 is 0 Å². The summed E-state index contributed by atoms with van der Waals surface area (Å²) in [6.07, 6.45) is 8.08. The SMILES string of the molecule is CCCCCCOP(=O)(CP(=O)(OC)OCCCCCC)OC.O. The first-order chi connectivity index (χ1) is 10.9. The Balaban J connectivity index is 0. The zero-order valence-electron chi connectivity index (χ0n) is 15.6. The van der Waals surface area contributed by atoms with E-state index in [9.17, 15) is 9.13 Å². The second-order valence-corrected chi connectivity index (χ2v) is 10.3. The predicted octanol–water partition coefficient (Wildman–Crippen LogP) is 4.99. The maximum Gasteiger partial charge on any atom is 0.342 e. The van der Waals surface area contributed by atoms with Crippen molar-refractivity contribution in [3.63, 3.8) is 0 Å². The van der Waals surface area contributed by atoms with Crippen molar-refractivity contribution < 1.29 is 32.7 Å². The fraction of sp³-hybridized carbons (Fsp3) is 1.00. The highest BCUT2D eigenvalue weighted by atomic mass is 31.2. The standard InChI is InChI=1S/C15H34O6P2.H2O/c1-5-7-9-11-13-20-22(16,18-3)15-23(17,19-4)21-14-12-10-8-6-2;/h5-15H2,1-4H3;1H2. The quantitative estimate of drug-likeness (QED) is 0.272. The molecule has 24 heavy (non-hydrogen) atoms. The summed E-state index contributed by atoms with van der Waals surface area (Å²) in [5.74, 6) is -0.339. The van der Waals surface area contributed by atoms with E-state index < -0.39 is 15.2 Å². The van der Waals surface area contributed by atoms with Gasteiger partial charge in [0.15, 0.2) is 5.90 Å². The Bertz CT molecular complexity index is 343. The Morgan fingerprint density at radius 3 is 1.33 bits per heavy atom. The van der Waals surface area contributed by atoms with Gasteiger partial charge in [-0.2, -0.15) is 0 Å². The molecule has 0 aromatic carbocycles. The maximum absolute atomic E-state index is 12.5. The molecule has 9 heteroatoms. The minimum absolute atomic E-state index is 0. The van der Waals surface area contributed by atoms with Gasteiger partial charge in [0.2, 0.25) is 0 Å². The molecule has 7 nitrogen and oxygen atoms in total. The van der Waals surface area contributed by atoms with Gasteiger partial charge in [-0.25, -0.2) is 0 Å². The highest BCUT2D eigenvalue weighted by Crippen LogP contribution is 2.63. The van der Waals surface area contributed by atoms with Gasteiger partial charge in [0.05, 0.1) is 13.2 Å². The van der Waals surface area contributed by atoms with Crippen molar-refractivity contribution in [3.05, 3.63) is 0 Å². The van der Waals surface area contributed by atoms with E-state index in [4.69, 9.17) is 18.1 Å². The fourth-order valence-corrected chi connectivity index (χ4v) is 6.28. The molecule has 0 bridgehead atoms. The van der Waals surface area contributed by atoms with Crippen LogP contribution in [0.1, 0.15) is 65.2 Å². The molecule has 0 spiro atoms. The molecule has 0 aliphatic rings. The van der Waals surface area contributed by atoms with Crippen molar-refractivity contribution in [3.8, 4) is 0 Å². The summed E-state index contributed by atoms with van der Waals surface area (Å²) in [5, 5.41) is 0. The van der Waals surface area contributed by atoms with Crippen molar-refractivity contribution in [2.45, 2.75) is 65.2 Å². The predicted molar refractivity (Wildman–Crippen MR) is 97.9 cm³/mol. The molecule has 148 valence electrons. The molecule has 0 saturated heterocycles. The Labute approximate surface area is 147 Å². The second kappa shape index (κ2) is 15.5. The van der Waals surface area contributed by atoms with Crippen LogP contribution in [-0.4, -0.2) is 38.8 Å². The summed E-state index contributed by atoms with van der Waals surface area (Å²) >= 11 is 0. The first kappa shape index (κ1) is 26.5. The van der Waals surface area contributed by atoms with Crippen molar-refractivity contribution >= 4 is 15.2 Å². The van der Waals surface area contributed by atoms with Crippen LogP contribution in [0.2, 0.25) is 0 Å². The summed E-state index contributed by atoms with van der Waals surface area (Å²) in [7, 11) is -4.32. The molecule has 2 unspecified atom stereocenters. The lowest BCUT2D eigenvalue weighted by atomic mass is 10.2. The minimum atomic E-state index is -3.46. The fourth-order valence-electron chi connectivity index (χ4n) is 1.98. The van der Waals surface area contributed by atoms with Crippen LogP contribution >= 0.6 is 15.2 Å². The molecule has 0 aromatic heterocycles. The highest BCUT2D eigenvalue weighted by molar-refractivity contribution is 7.71. The summed E-state index contributed by atoms with van der Waals surface area (Å²) in [6.45, 7) is 4.89. The van der Waals surface area contributed by atoms with E-state index in [0.717, 1.165) is 51.4 Å². The third-order valence-corrected chi connectivity index (χ3v) is 8.51. The van der Waals surface area contributed by atoms with Gasteiger partial charge >= 0.3 is 15.2 Å². The van der Waals surface area contributed by atoms with Crippen LogP contribution in [0.25, 0.3) is 0 Å². The van der Waals surface area contributed by atoms with Crippen molar-refractivity contribution in [1.82, 2.24) is 0 Å². The summed E-state index contributed by atoms with van der Waals surface area (Å²) < 4.78 is 45.8. The lowest BCUT2D eigenvalue weighted by molar-refractivity contribution is 0.215. The molecule has 0 aliphatic carbocycles. The van der Waals surface area contributed by atoms with Gasteiger partial charge in [-0.1, -0.05) is 52.4 Å². The monoisotopic (exact) mass is 390 g/mol. The van der Waals surface area contributed by atoms with Crippen molar-refractivity contribution in [2.24, 2.45) is 0 Å². The van der Waals surface area contributed by atoms with Gasteiger partial charge in [0, 0.05) is 14.2 Å². The van der Waals surface area contributed by atoms with E-state index in [1.54, 1.807) is 0 Å². The molecule has 0 rings (SSSR count).